The Bertz CT molecular complexity index is 1310. The van der Waals surface area contributed by atoms with E-state index in [-0.39, 0.29) is 35.5 Å². The molecule has 2 aliphatic heterocycles. The molecule has 1 amide bonds. The van der Waals surface area contributed by atoms with Crippen LogP contribution in [0.1, 0.15) is 42.6 Å². The molecule has 8 nitrogen and oxygen atoms in total. The number of fused-ring (bicyclic) bond motifs is 6. The summed E-state index contributed by atoms with van der Waals surface area (Å²) in [6, 6.07) is 8.53. The average molecular weight is 387 g/mol. The van der Waals surface area contributed by atoms with Gasteiger partial charge in [-0.05, 0) is 43.5 Å². The highest BCUT2D eigenvalue weighted by atomic mass is 16.3. The van der Waals surface area contributed by atoms with E-state index in [1.165, 1.54) is 4.57 Å². The van der Waals surface area contributed by atoms with Gasteiger partial charge in [-0.1, -0.05) is 0 Å². The van der Waals surface area contributed by atoms with Crippen molar-refractivity contribution in [3.63, 3.8) is 0 Å². The van der Waals surface area contributed by atoms with Gasteiger partial charge in [-0.15, -0.1) is 0 Å². The lowest BCUT2D eigenvalue weighted by atomic mass is 10.1. The summed E-state index contributed by atoms with van der Waals surface area (Å²) in [5.41, 5.74) is 1.57. The Balaban J connectivity index is 1.54. The minimum atomic E-state index is -0.321. The maximum Gasteiger partial charge on any atom is 0.336 e. The predicted molar refractivity (Wildman–Crippen MR) is 103 cm³/mol. The molecule has 1 unspecified atom stereocenters. The van der Waals surface area contributed by atoms with Crippen molar-refractivity contribution < 1.29 is 9.90 Å². The molecule has 0 spiro atoms. The molecule has 3 aromatic rings. The average Bonchev–Trinajstić information content (AvgIpc) is 3.33. The smallest absolute Gasteiger partial charge is 0.336 e. The molecule has 2 fully saturated rings. The van der Waals surface area contributed by atoms with Crippen molar-refractivity contribution in [1.82, 2.24) is 19.0 Å². The molecule has 2 bridgehead atoms. The van der Waals surface area contributed by atoms with Crippen molar-refractivity contribution in [2.75, 3.05) is 6.54 Å². The number of aromatic nitrogens is 3. The Morgan fingerprint density at radius 3 is 2.86 bits per heavy atom. The van der Waals surface area contributed by atoms with Crippen molar-refractivity contribution in [3.8, 4) is 17.6 Å². The molecular formula is C21H17N5O3. The third-order valence-electron chi connectivity index (χ3n) is 6.38. The van der Waals surface area contributed by atoms with Crippen LogP contribution in [0.3, 0.4) is 0 Å². The first-order valence-electron chi connectivity index (χ1n) is 9.75. The molecule has 6 rings (SSSR count). The largest absolute Gasteiger partial charge is 0.493 e. The van der Waals surface area contributed by atoms with Crippen LogP contribution in [0.15, 0.2) is 35.3 Å². The van der Waals surface area contributed by atoms with Gasteiger partial charge in [-0.25, -0.2) is 9.36 Å². The molecule has 1 aromatic carbocycles. The minimum absolute atomic E-state index is 0.104. The number of imidazole rings is 1. The summed E-state index contributed by atoms with van der Waals surface area (Å²) < 4.78 is 2.92. The highest BCUT2D eigenvalue weighted by molar-refractivity contribution is 5.91. The molecule has 2 atom stereocenters. The number of benzene rings is 1. The number of pyridine rings is 1. The predicted octanol–water partition coefficient (Wildman–Crippen LogP) is 2.00. The summed E-state index contributed by atoms with van der Waals surface area (Å²) in [6.07, 6.45) is 4.12. The molecular weight excluding hydrogens is 370 g/mol. The van der Waals surface area contributed by atoms with Gasteiger partial charge in [0.1, 0.15) is 11.8 Å². The Kier molecular flexibility index (Phi) is 3.09. The molecule has 1 saturated carbocycles. The number of nitriles is 1. The highest BCUT2D eigenvalue weighted by Gasteiger charge is 2.51. The van der Waals surface area contributed by atoms with Crippen LogP contribution in [0.5, 0.6) is 5.88 Å². The van der Waals surface area contributed by atoms with E-state index in [1.54, 1.807) is 35.0 Å². The Hall–Kier alpha value is -3.60. The third-order valence-corrected chi connectivity index (χ3v) is 6.38. The van der Waals surface area contributed by atoms with Crippen LogP contribution in [0.4, 0.5) is 0 Å². The number of rotatable bonds is 2. The van der Waals surface area contributed by atoms with Crippen molar-refractivity contribution in [2.45, 2.75) is 31.3 Å². The fourth-order valence-corrected chi connectivity index (χ4v) is 4.91. The zero-order valence-electron chi connectivity index (χ0n) is 15.4. The van der Waals surface area contributed by atoms with E-state index < -0.39 is 0 Å². The van der Waals surface area contributed by atoms with Crippen molar-refractivity contribution in [2.24, 2.45) is 5.92 Å². The maximum atomic E-state index is 13.3. The lowest BCUT2D eigenvalue weighted by Gasteiger charge is -2.27. The number of nitrogens with zero attached hydrogens (tertiary/aromatic N) is 5. The van der Waals surface area contributed by atoms with Gasteiger partial charge in [0.25, 0.3) is 0 Å². The number of amides is 1. The van der Waals surface area contributed by atoms with Crippen molar-refractivity contribution in [3.05, 3.63) is 52.2 Å². The summed E-state index contributed by atoms with van der Waals surface area (Å²) in [6.45, 7) is 0.520. The van der Waals surface area contributed by atoms with Gasteiger partial charge in [0.15, 0.2) is 0 Å². The second-order valence-corrected chi connectivity index (χ2v) is 8.01. The normalized spacial score (nSPS) is 22.1. The van der Waals surface area contributed by atoms with Crippen molar-refractivity contribution >= 4 is 16.8 Å². The standard InChI is InChI=1S/C21H17N5O3/c22-9-12-5-6-15(14-2-1-7-23-17(12)14)26-20(28)18-16-8-13(25(18)21(26)29)10-24(16)19(27)11-3-4-11/h1-2,5-7,11,13,16,28H,3-4,8,10H2/t13-,16?/m1/s1. The van der Waals surface area contributed by atoms with E-state index in [9.17, 15) is 20.0 Å². The zero-order valence-corrected chi connectivity index (χ0v) is 15.4. The summed E-state index contributed by atoms with van der Waals surface area (Å²) in [5, 5.41) is 21.0. The minimum Gasteiger partial charge on any atom is -0.493 e. The first-order valence-corrected chi connectivity index (χ1v) is 9.75. The second-order valence-electron chi connectivity index (χ2n) is 8.01. The summed E-state index contributed by atoms with van der Waals surface area (Å²) in [7, 11) is 0. The molecule has 0 radical (unpaired) electrons. The van der Waals surface area contributed by atoms with Crippen LogP contribution in [0.2, 0.25) is 0 Å². The van der Waals surface area contributed by atoms with Crippen molar-refractivity contribution in [1.29, 1.82) is 5.26 Å². The summed E-state index contributed by atoms with van der Waals surface area (Å²) in [5.74, 6) is 0.106. The molecule has 2 aromatic heterocycles. The van der Waals surface area contributed by atoms with E-state index in [2.05, 4.69) is 11.1 Å². The lowest BCUT2D eigenvalue weighted by Crippen LogP contribution is -2.38. The van der Waals surface area contributed by atoms with Crippen LogP contribution in [0.25, 0.3) is 16.6 Å². The Morgan fingerprint density at radius 1 is 1.28 bits per heavy atom. The number of aromatic hydroxyl groups is 1. The molecule has 1 saturated heterocycles. The Labute approximate surface area is 165 Å². The monoisotopic (exact) mass is 387 g/mol. The first kappa shape index (κ1) is 16.4. The topological polar surface area (TPSA) is 104 Å². The molecule has 1 aliphatic carbocycles. The number of hydrogen-bond acceptors (Lipinski definition) is 5. The van der Waals surface area contributed by atoms with Gasteiger partial charge < -0.3 is 10.0 Å². The molecule has 1 N–H and O–H groups in total. The van der Waals surface area contributed by atoms with Crippen LogP contribution in [-0.4, -0.2) is 36.6 Å². The van der Waals surface area contributed by atoms with Crippen LogP contribution >= 0.6 is 0 Å². The van der Waals surface area contributed by atoms with Gasteiger partial charge >= 0.3 is 5.69 Å². The van der Waals surface area contributed by atoms with Gasteiger partial charge in [0, 0.05) is 24.0 Å². The van der Waals surface area contributed by atoms with Crippen LogP contribution < -0.4 is 5.69 Å². The SMILES string of the molecule is N#Cc1ccc(-n2c(O)c3n(c2=O)[C@@H]2CC3N(C(=O)C3CC3)C2)c2cccnc12. The highest BCUT2D eigenvalue weighted by Crippen LogP contribution is 2.50. The molecule has 29 heavy (non-hydrogen) atoms. The number of carbonyl (C=O) groups excluding carboxylic acids is 1. The number of hydrogen-bond donors (Lipinski definition) is 1. The van der Waals surface area contributed by atoms with E-state index in [1.807, 2.05) is 4.90 Å². The van der Waals surface area contributed by atoms with Gasteiger partial charge in [-0.2, -0.15) is 5.26 Å². The number of carbonyl (C=O) groups is 1. The van der Waals surface area contributed by atoms with E-state index in [0.29, 0.717) is 40.8 Å². The van der Waals surface area contributed by atoms with E-state index in [0.717, 1.165) is 12.8 Å². The third kappa shape index (κ3) is 2.04. The van der Waals surface area contributed by atoms with Crippen LogP contribution in [-0.2, 0) is 4.79 Å². The maximum absolute atomic E-state index is 13.3. The molecule has 144 valence electrons. The first-order chi connectivity index (χ1) is 14.1. The summed E-state index contributed by atoms with van der Waals surface area (Å²) >= 11 is 0. The van der Waals surface area contributed by atoms with Crippen LogP contribution in [0, 0.1) is 17.2 Å². The zero-order chi connectivity index (χ0) is 19.9. The van der Waals surface area contributed by atoms with E-state index >= 15 is 0 Å². The van der Waals surface area contributed by atoms with Gasteiger partial charge in [0.2, 0.25) is 11.8 Å². The quantitative estimate of drug-likeness (QED) is 0.724. The fraction of sp³-hybridized carbons (Fsp3) is 0.333. The molecule has 8 heteroatoms. The van der Waals surface area contributed by atoms with Gasteiger partial charge in [-0.3, -0.25) is 14.3 Å². The lowest BCUT2D eigenvalue weighted by molar-refractivity contribution is -0.134. The molecule has 3 aliphatic rings. The van der Waals surface area contributed by atoms with Gasteiger partial charge in [0.05, 0.1) is 28.9 Å². The van der Waals surface area contributed by atoms with E-state index in [4.69, 9.17) is 0 Å². The Morgan fingerprint density at radius 2 is 2.10 bits per heavy atom. The fourth-order valence-electron chi connectivity index (χ4n) is 4.91. The number of likely N-dealkylation sites (tertiary alicyclic amines) is 1. The second kappa shape index (κ2) is 5.47. The molecule has 4 heterocycles. The summed E-state index contributed by atoms with van der Waals surface area (Å²) in [4.78, 5) is 32.0.